The second-order valence-electron chi connectivity index (χ2n) is 4.76. The average molecular weight is 244 g/mol. The molecule has 1 amide bonds. The summed E-state index contributed by atoms with van der Waals surface area (Å²) in [5.41, 5.74) is 5.06. The van der Waals surface area contributed by atoms with Crippen molar-refractivity contribution in [1.29, 1.82) is 0 Å². The van der Waals surface area contributed by atoms with Gasteiger partial charge >= 0.3 is 5.97 Å². The van der Waals surface area contributed by atoms with E-state index in [1.165, 1.54) is 0 Å². The molecule has 0 aliphatic rings. The van der Waals surface area contributed by atoms with E-state index in [1.807, 2.05) is 13.8 Å². The molecule has 0 aromatic heterocycles. The number of carbonyl (C=O) groups is 2. The minimum Gasteiger partial charge on any atom is -0.481 e. The molecule has 0 saturated heterocycles. The quantitative estimate of drug-likeness (QED) is 0.555. The number of carbonyl (C=O) groups excluding carboxylic acids is 1. The Kier molecular flexibility index (Phi) is 6.80. The molecule has 0 heterocycles. The molecule has 0 aliphatic heterocycles. The van der Waals surface area contributed by atoms with E-state index in [0.29, 0.717) is 32.4 Å². The van der Waals surface area contributed by atoms with Gasteiger partial charge in [-0.25, -0.2) is 0 Å². The smallest absolute Gasteiger partial charge is 0.306 e. The fourth-order valence-corrected chi connectivity index (χ4v) is 1.34. The van der Waals surface area contributed by atoms with Crippen molar-refractivity contribution < 1.29 is 14.7 Å². The normalized spacial score (nSPS) is 16.0. The Labute approximate surface area is 103 Å². The lowest BCUT2D eigenvalue weighted by molar-refractivity contribution is -0.141. The third kappa shape index (κ3) is 5.17. The minimum absolute atomic E-state index is 0.0505. The number of amides is 1. The second-order valence-corrected chi connectivity index (χ2v) is 4.76. The number of aliphatic carboxylic acids is 1. The van der Waals surface area contributed by atoms with Gasteiger partial charge in [0.05, 0.1) is 11.3 Å². The van der Waals surface area contributed by atoms with Crippen molar-refractivity contribution in [3.05, 3.63) is 0 Å². The number of nitrogens with one attached hydrogen (secondary N) is 1. The monoisotopic (exact) mass is 244 g/mol. The first kappa shape index (κ1) is 15.9. The van der Waals surface area contributed by atoms with E-state index in [0.717, 1.165) is 0 Å². The van der Waals surface area contributed by atoms with E-state index in [4.69, 9.17) is 10.8 Å². The molecule has 0 spiro atoms. The minimum atomic E-state index is -0.795. The van der Waals surface area contributed by atoms with Gasteiger partial charge in [-0.05, 0) is 26.2 Å². The van der Waals surface area contributed by atoms with E-state index >= 15 is 0 Å². The summed E-state index contributed by atoms with van der Waals surface area (Å²) < 4.78 is 0. The molecule has 2 atom stereocenters. The molecule has 0 aliphatic carbocycles. The van der Waals surface area contributed by atoms with Crippen LogP contribution in [0.15, 0.2) is 0 Å². The van der Waals surface area contributed by atoms with Crippen molar-refractivity contribution in [3.8, 4) is 0 Å². The SMILES string of the molecule is CCC(C)(CN)C(=O)NCCCC(C)C(=O)O. The van der Waals surface area contributed by atoms with E-state index in [2.05, 4.69) is 5.32 Å². The third-order valence-corrected chi connectivity index (χ3v) is 3.30. The zero-order chi connectivity index (χ0) is 13.5. The first-order valence-corrected chi connectivity index (χ1v) is 6.08. The largest absolute Gasteiger partial charge is 0.481 e. The molecule has 0 rings (SSSR count). The highest BCUT2D eigenvalue weighted by Crippen LogP contribution is 2.19. The molecule has 0 aromatic rings. The first-order valence-electron chi connectivity index (χ1n) is 6.08. The van der Waals surface area contributed by atoms with Crippen molar-refractivity contribution in [1.82, 2.24) is 5.32 Å². The number of rotatable bonds is 8. The molecule has 0 fully saturated rings. The Hall–Kier alpha value is -1.10. The number of carboxylic acid groups (broad SMARTS) is 1. The number of hydrogen-bond donors (Lipinski definition) is 3. The van der Waals surface area contributed by atoms with Crippen LogP contribution in [0.5, 0.6) is 0 Å². The van der Waals surface area contributed by atoms with Gasteiger partial charge in [-0.3, -0.25) is 9.59 Å². The Balaban J connectivity index is 3.90. The van der Waals surface area contributed by atoms with Crippen molar-refractivity contribution in [3.63, 3.8) is 0 Å². The topological polar surface area (TPSA) is 92.4 Å². The summed E-state index contributed by atoms with van der Waals surface area (Å²) in [5, 5.41) is 11.5. The molecule has 0 radical (unpaired) electrons. The van der Waals surface area contributed by atoms with Gasteiger partial charge in [0, 0.05) is 13.1 Å². The van der Waals surface area contributed by atoms with Crippen LogP contribution >= 0.6 is 0 Å². The van der Waals surface area contributed by atoms with Gasteiger partial charge in [-0.2, -0.15) is 0 Å². The molecule has 0 aromatic carbocycles. The van der Waals surface area contributed by atoms with Crippen LogP contribution in [0.2, 0.25) is 0 Å². The highest BCUT2D eigenvalue weighted by molar-refractivity contribution is 5.82. The lowest BCUT2D eigenvalue weighted by Gasteiger charge is -2.25. The summed E-state index contributed by atoms with van der Waals surface area (Å²) in [7, 11) is 0. The lowest BCUT2D eigenvalue weighted by Crippen LogP contribution is -2.43. The Morgan fingerprint density at radius 1 is 1.47 bits per heavy atom. The van der Waals surface area contributed by atoms with Crippen molar-refractivity contribution >= 4 is 11.9 Å². The van der Waals surface area contributed by atoms with Crippen LogP contribution < -0.4 is 11.1 Å². The molecule has 17 heavy (non-hydrogen) atoms. The zero-order valence-electron chi connectivity index (χ0n) is 11.0. The Morgan fingerprint density at radius 2 is 2.06 bits per heavy atom. The van der Waals surface area contributed by atoms with E-state index in [-0.39, 0.29) is 11.8 Å². The van der Waals surface area contributed by atoms with E-state index in [9.17, 15) is 9.59 Å². The maximum Gasteiger partial charge on any atom is 0.306 e. The highest BCUT2D eigenvalue weighted by atomic mass is 16.4. The summed E-state index contributed by atoms with van der Waals surface area (Å²) in [6.45, 7) is 6.26. The summed E-state index contributed by atoms with van der Waals surface area (Å²) in [5.74, 6) is -1.21. The average Bonchev–Trinajstić information content (AvgIpc) is 2.32. The molecule has 0 saturated carbocycles. The van der Waals surface area contributed by atoms with Crippen LogP contribution in [0.1, 0.15) is 40.0 Å². The molecule has 100 valence electrons. The van der Waals surface area contributed by atoms with Gasteiger partial charge in [-0.15, -0.1) is 0 Å². The van der Waals surface area contributed by atoms with E-state index in [1.54, 1.807) is 6.92 Å². The number of nitrogens with two attached hydrogens (primary N) is 1. The van der Waals surface area contributed by atoms with Gasteiger partial charge in [0.15, 0.2) is 0 Å². The Bertz CT molecular complexity index is 262. The predicted octanol–water partition coefficient (Wildman–Crippen LogP) is 0.979. The molecule has 4 N–H and O–H groups in total. The van der Waals surface area contributed by atoms with Gasteiger partial charge in [-0.1, -0.05) is 13.8 Å². The lowest BCUT2D eigenvalue weighted by atomic mass is 9.86. The van der Waals surface area contributed by atoms with Crippen LogP contribution in [0.4, 0.5) is 0 Å². The maximum atomic E-state index is 11.8. The zero-order valence-corrected chi connectivity index (χ0v) is 11.0. The molecule has 2 unspecified atom stereocenters. The van der Waals surface area contributed by atoms with Crippen LogP contribution in [-0.2, 0) is 9.59 Å². The summed E-state index contributed by atoms with van der Waals surface area (Å²) >= 11 is 0. The van der Waals surface area contributed by atoms with Crippen molar-refractivity contribution in [2.24, 2.45) is 17.1 Å². The summed E-state index contributed by atoms with van der Waals surface area (Å²) in [4.78, 5) is 22.4. The predicted molar refractivity (Wildman–Crippen MR) is 66.5 cm³/mol. The van der Waals surface area contributed by atoms with Crippen LogP contribution in [0, 0.1) is 11.3 Å². The molecular formula is C12H24N2O3. The van der Waals surface area contributed by atoms with Crippen molar-refractivity contribution in [2.75, 3.05) is 13.1 Å². The van der Waals surface area contributed by atoms with Gasteiger partial charge < -0.3 is 16.2 Å². The second kappa shape index (κ2) is 7.27. The highest BCUT2D eigenvalue weighted by Gasteiger charge is 2.29. The molecule has 0 bridgehead atoms. The first-order chi connectivity index (χ1) is 7.87. The fourth-order valence-electron chi connectivity index (χ4n) is 1.34. The molecular weight excluding hydrogens is 220 g/mol. The van der Waals surface area contributed by atoms with E-state index < -0.39 is 11.4 Å². The van der Waals surface area contributed by atoms with Gasteiger partial charge in [0.2, 0.25) is 5.91 Å². The molecule has 5 nitrogen and oxygen atoms in total. The van der Waals surface area contributed by atoms with Crippen molar-refractivity contribution in [2.45, 2.75) is 40.0 Å². The maximum absolute atomic E-state index is 11.8. The van der Waals surface area contributed by atoms with Crippen LogP contribution in [0.3, 0.4) is 0 Å². The van der Waals surface area contributed by atoms with Gasteiger partial charge in [0.1, 0.15) is 0 Å². The number of hydrogen-bond acceptors (Lipinski definition) is 3. The number of carboxylic acids is 1. The summed E-state index contributed by atoms with van der Waals surface area (Å²) in [6, 6.07) is 0. The summed E-state index contributed by atoms with van der Waals surface area (Å²) in [6.07, 6.45) is 1.94. The Morgan fingerprint density at radius 3 is 2.47 bits per heavy atom. The third-order valence-electron chi connectivity index (χ3n) is 3.30. The standard InChI is InChI=1S/C12H24N2O3/c1-4-12(3,8-13)11(17)14-7-5-6-9(2)10(15)16/h9H,4-8,13H2,1-3H3,(H,14,17)(H,15,16). The van der Waals surface area contributed by atoms with Crippen LogP contribution in [-0.4, -0.2) is 30.1 Å². The fraction of sp³-hybridized carbons (Fsp3) is 0.833. The van der Waals surface area contributed by atoms with Crippen LogP contribution in [0.25, 0.3) is 0 Å². The molecule has 5 heteroatoms. The van der Waals surface area contributed by atoms with Gasteiger partial charge in [0.25, 0.3) is 0 Å².